The summed E-state index contributed by atoms with van der Waals surface area (Å²) in [6, 6.07) is 9.10. The first-order chi connectivity index (χ1) is 12.3. The van der Waals surface area contributed by atoms with E-state index in [0.717, 1.165) is 0 Å². The van der Waals surface area contributed by atoms with Crippen LogP contribution in [0.25, 0.3) is 11.3 Å². The maximum atomic E-state index is 11.6. The zero-order valence-corrected chi connectivity index (χ0v) is 15.1. The molecule has 0 atom stereocenters. The summed E-state index contributed by atoms with van der Waals surface area (Å²) in [5.74, 6) is -0.747. The Hall–Kier alpha value is -2.52. The molecule has 1 aliphatic heterocycles. The lowest BCUT2D eigenvalue weighted by molar-refractivity contribution is 0.0697. The third kappa shape index (κ3) is 4.17. The fourth-order valence-electron chi connectivity index (χ4n) is 2.94. The molecule has 138 valence electrons. The Morgan fingerprint density at radius 2 is 1.88 bits per heavy atom. The Bertz CT molecular complexity index is 894. The molecule has 26 heavy (non-hydrogen) atoms. The van der Waals surface area contributed by atoms with Crippen LogP contribution >= 0.6 is 0 Å². The number of aromatic carboxylic acids is 1. The molecule has 8 nitrogen and oxygen atoms in total. The molecule has 0 unspecified atom stereocenters. The lowest BCUT2D eigenvalue weighted by Gasteiger charge is -2.30. The number of anilines is 1. The summed E-state index contributed by atoms with van der Waals surface area (Å²) in [6.45, 7) is 0.879. The molecule has 1 aliphatic rings. The number of carboxylic acids is 1. The molecule has 0 radical (unpaired) electrons. The van der Waals surface area contributed by atoms with Gasteiger partial charge in [0.2, 0.25) is 16.0 Å². The largest absolute Gasteiger partial charge is 0.478 e. The number of carbonyl (C=O) groups is 1. The van der Waals surface area contributed by atoms with Crippen molar-refractivity contribution in [2.24, 2.45) is 0 Å². The maximum Gasteiger partial charge on any atom is 0.339 e. The predicted molar refractivity (Wildman–Crippen MR) is 97.5 cm³/mol. The fourth-order valence-corrected chi connectivity index (χ4v) is 3.81. The van der Waals surface area contributed by atoms with Gasteiger partial charge in [-0.3, -0.25) is 0 Å². The number of piperidine rings is 1. The molecule has 1 aromatic carbocycles. The van der Waals surface area contributed by atoms with Gasteiger partial charge in [0.05, 0.1) is 11.9 Å². The minimum Gasteiger partial charge on any atom is -0.478 e. The SMILES string of the molecule is CS(=O)(=O)N1CCC(Nc2ncc(C(=O)O)c(-c3ccccc3)n2)CC1. The highest BCUT2D eigenvalue weighted by Crippen LogP contribution is 2.23. The van der Waals surface area contributed by atoms with Crippen LogP contribution in [0.2, 0.25) is 0 Å². The Morgan fingerprint density at radius 3 is 2.46 bits per heavy atom. The monoisotopic (exact) mass is 376 g/mol. The van der Waals surface area contributed by atoms with Crippen LogP contribution in [-0.4, -0.2) is 59.2 Å². The molecule has 1 aromatic heterocycles. The number of carboxylic acid groups (broad SMARTS) is 1. The molecule has 1 saturated heterocycles. The molecular formula is C17H20N4O4S. The molecule has 2 heterocycles. The van der Waals surface area contributed by atoms with Gasteiger partial charge in [-0.2, -0.15) is 0 Å². The standard InChI is InChI=1S/C17H20N4O4S/c1-26(24,25)21-9-7-13(8-10-21)19-17-18-11-14(16(22)23)15(20-17)12-5-3-2-4-6-12/h2-6,11,13H,7-10H2,1H3,(H,22,23)(H,18,19,20). The van der Waals surface area contributed by atoms with Crippen molar-refractivity contribution >= 4 is 21.9 Å². The summed E-state index contributed by atoms with van der Waals surface area (Å²) in [4.78, 5) is 20.0. The number of sulfonamides is 1. The molecule has 2 N–H and O–H groups in total. The summed E-state index contributed by atoms with van der Waals surface area (Å²) in [7, 11) is -3.17. The molecule has 3 rings (SSSR count). The average Bonchev–Trinajstić information content (AvgIpc) is 2.62. The predicted octanol–water partition coefficient (Wildman–Crippen LogP) is 1.68. The van der Waals surface area contributed by atoms with Gasteiger partial charge < -0.3 is 10.4 Å². The molecule has 2 aromatic rings. The van der Waals surface area contributed by atoms with E-state index in [1.165, 1.54) is 16.8 Å². The van der Waals surface area contributed by atoms with Crippen LogP contribution in [0, 0.1) is 0 Å². The average molecular weight is 376 g/mol. The number of rotatable bonds is 5. The normalized spacial score (nSPS) is 16.3. The minimum atomic E-state index is -3.17. The second kappa shape index (κ2) is 7.38. The van der Waals surface area contributed by atoms with Crippen molar-refractivity contribution < 1.29 is 18.3 Å². The molecule has 0 amide bonds. The Labute approximate surface area is 152 Å². The van der Waals surface area contributed by atoms with Crippen molar-refractivity contribution in [3.8, 4) is 11.3 Å². The number of hydrogen-bond donors (Lipinski definition) is 2. The Kier molecular flexibility index (Phi) is 5.19. The lowest BCUT2D eigenvalue weighted by Crippen LogP contribution is -2.42. The van der Waals surface area contributed by atoms with E-state index in [2.05, 4.69) is 15.3 Å². The first-order valence-electron chi connectivity index (χ1n) is 8.22. The zero-order valence-electron chi connectivity index (χ0n) is 14.3. The van der Waals surface area contributed by atoms with Crippen LogP contribution < -0.4 is 5.32 Å². The third-order valence-electron chi connectivity index (χ3n) is 4.32. The number of benzene rings is 1. The van der Waals surface area contributed by atoms with Gasteiger partial charge in [-0.1, -0.05) is 30.3 Å². The Morgan fingerprint density at radius 1 is 1.23 bits per heavy atom. The van der Waals surface area contributed by atoms with Gasteiger partial charge in [0.25, 0.3) is 0 Å². The Balaban J connectivity index is 1.79. The molecule has 0 bridgehead atoms. The summed E-state index contributed by atoms with van der Waals surface area (Å²) >= 11 is 0. The molecule has 0 aliphatic carbocycles. The number of nitrogens with zero attached hydrogens (tertiary/aromatic N) is 3. The van der Waals surface area contributed by atoms with Gasteiger partial charge in [0, 0.05) is 30.9 Å². The van der Waals surface area contributed by atoms with Crippen LogP contribution in [0.5, 0.6) is 0 Å². The van der Waals surface area contributed by atoms with Gasteiger partial charge in [0.15, 0.2) is 0 Å². The fraction of sp³-hybridized carbons (Fsp3) is 0.353. The van der Waals surface area contributed by atoms with E-state index >= 15 is 0 Å². The quantitative estimate of drug-likeness (QED) is 0.816. The van der Waals surface area contributed by atoms with Crippen LogP contribution in [0.4, 0.5) is 5.95 Å². The highest BCUT2D eigenvalue weighted by Gasteiger charge is 2.25. The first-order valence-corrected chi connectivity index (χ1v) is 10.1. The van der Waals surface area contributed by atoms with E-state index in [1.807, 2.05) is 18.2 Å². The van der Waals surface area contributed by atoms with Crippen molar-refractivity contribution in [3.63, 3.8) is 0 Å². The van der Waals surface area contributed by atoms with Crippen LogP contribution in [0.3, 0.4) is 0 Å². The zero-order chi connectivity index (χ0) is 18.7. The van der Waals surface area contributed by atoms with Crippen molar-refractivity contribution in [3.05, 3.63) is 42.1 Å². The summed E-state index contributed by atoms with van der Waals surface area (Å²) in [5.41, 5.74) is 1.08. The van der Waals surface area contributed by atoms with Crippen LogP contribution in [-0.2, 0) is 10.0 Å². The summed E-state index contributed by atoms with van der Waals surface area (Å²) in [5, 5.41) is 12.6. The summed E-state index contributed by atoms with van der Waals surface area (Å²) < 4.78 is 24.6. The van der Waals surface area contributed by atoms with Gasteiger partial charge in [-0.15, -0.1) is 0 Å². The maximum absolute atomic E-state index is 11.6. The second-order valence-electron chi connectivity index (χ2n) is 6.21. The lowest BCUT2D eigenvalue weighted by atomic mass is 10.1. The minimum absolute atomic E-state index is 0.0345. The van der Waals surface area contributed by atoms with Crippen molar-refractivity contribution in [2.45, 2.75) is 18.9 Å². The van der Waals surface area contributed by atoms with Crippen molar-refractivity contribution in [1.82, 2.24) is 14.3 Å². The van der Waals surface area contributed by atoms with Gasteiger partial charge in [-0.05, 0) is 12.8 Å². The van der Waals surface area contributed by atoms with Gasteiger partial charge in [0.1, 0.15) is 5.56 Å². The van der Waals surface area contributed by atoms with Gasteiger partial charge in [-0.25, -0.2) is 27.5 Å². The van der Waals surface area contributed by atoms with E-state index < -0.39 is 16.0 Å². The van der Waals surface area contributed by atoms with E-state index in [0.29, 0.717) is 43.1 Å². The van der Waals surface area contributed by atoms with Crippen molar-refractivity contribution in [1.29, 1.82) is 0 Å². The molecule has 9 heteroatoms. The topological polar surface area (TPSA) is 112 Å². The highest BCUT2D eigenvalue weighted by atomic mass is 32.2. The third-order valence-corrected chi connectivity index (χ3v) is 5.63. The number of nitrogens with one attached hydrogen (secondary N) is 1. The van der Waals surface area contributed by atoms with Crippen molar-refractivity contribution in [2.75, 3.05) is 24.7 Å². The number of aromatic nitrogens is 2. The smallest absolute Gasteiger partial charge is 0.339 e. The molecule has 1 fully saturated rings. The molecular weight excluding hydrogens is 356 g/mol. The van der Waals surface area contributed by atoms with Crippen LogP contribution in [0.1, 0.15) is 23.2 Å². The van der Waals surface area contributed by atoms with Gasteiger partial charge >= 0.3 is 5.97 Å². The van der Waals surface area contributed by atoms with E-state index in [4.69, 9.17) is 0 Å². The van der Waals surface area contributed by atoms with E-state index in [1.54, 1.807) is 12.1 Å². The number of hydrogen-bond acceptors (Lipinski definition) is 6. The van der Waals surface area contributed by atoms with E-state index in [-0.39, 0.29) is 11.6 Å². The second-order valence-corrected chi connectivity index (χ2v) is 8.19. The van der Waals surface area contributed by atoms with E-state index in [9.17, 15) is 18.3 Å². The molecule has 0 saturated carbocycles. The highest BCUT2D eigenvalue weighted by molar-refractivity contribution is 7.88. The first kappa shape index (κ1) is 18.3. The summed E-state index contributed by atoms with van der Waals surface area (Å²) in [6.07, 6.45) is 3.78. The molecule has 0 spiro atoms. The van der Waals surface area contributed by atoms with Crippen LogP contribution in [0.15, 0.2) is 36.5 Å².